The number of hydrogen-bond acceptors (Lipinski definition) is 4. The van der Waals surface area contributed by atoms with Crippen LogP contribution in [0.25, 0.3) is 5.69 Å². The summed E-state index contributed by atoms with van der Waals surface area (Å²) in [6.07, 6.45) is 3.31. The maximum atomic E-state index is 9.73. The summed E-state index contributed by atoms with van der Waals surface area (Å²) in [5, 5.41) is 20.6. The molecule has 0 aliphatic carbocycles. The van der Waals surface area contributed by atoms with E-state index in [1.54, 1.807) is 18.7 Å². The van der Waals surface area contributed by atoms with Gasteiger partial charge in [-0.05, 0) is 24.3 Å². The minimum atomic E-state index is 0.301. The van der Waals surface area contributed by atoms with Crippen molar-refractivity contribution >= 4 is 5.69 Å². The van der Waals surface area contributed by atoms with Crippen LogP contribution in [0.1, 0.15) is 5.56 Å². The molecule has 100 valence electrons. The van der Waals surface area contributed by atoms with Crippen LogP contribution in [-0.2, 0) is 6.54 Å². The molecule has 20 heavy (non-hydrogen) atoms. The normalized spacial score (nSPS) is 10.4. The van der Waals surface area contributed by atoms with E-state index in [4.69, 9.17) is 0 Å². The Hall–Kier alpha value is -2.82. The number of nitrogens with one attached hydrogen (secondary N) is 1. The molecule has 0 saturated heterocycles. The molecule has 3 aromatic rings. The van der Waals surface area contributed by atoms with Crippen LogP contribution in [0.5, 0.6) is 5.75 Å². The molecule has 0 amide bonds. The van der Waals surface area contributed by atoms with Gasteiger partial charge in [0.2, 0.25) is 0 Å². The van der Waals surface area contributed by atoms with Gasteiger partial charge in [-0.1, -0.05) is 24.3 Å². The number of rotatable bonds is 4. The van der Waals surface area contributed by atoms with Crippen molar-refractivity contribution in [1.82, 2.24) is 14.8 Å². The van der Waals surface area contributed by atoms with Crippen LogP contribution in [0, 0.1) is 0 Å². The average molecular weight is 266 g/mol. The molecule has 2 aromatic carbocycles. The second-order valence-corrected chi connectivity index (χ2v) is 4.40. The molecule has 0 radical (unpaired) electrons. The Kier molecular flexibility index (Phi) is 3.33. The van der Waals surface area contributed by atoms with Crippen molar-refractivity contribution in [2.24, 2.45) is 0 Å². The van der Waals surface area contributed by atoms with Crippen molar-refractivity contribution in [2.75, 3.05) is 5.32 Å². The Balaban J connectivity index is 1.75. The number of aromatic nitrogens is 3. The third kappa shape index (κ3) is 2.61. The highest BCUT2D eigenvalue weighted by molar-refractivity contribution is 5.51. The van der Waals surface area contributed by atoms with Crippen molar-refractivity contribution in [1.29, 1.82) is 0 Å². The number of phenols is 1. The molecule has 0 aliphatic heterocycles. The molecule has 2 N–H and O–H groups in total. The fourth-order valence-electron chi connectivity index (χ4n) is 1.97. The number of phenolic OH excluding ortho intramolecular Hbond substituents is 1. The number of benzene rings is 2. The third-order valence-corrected chi connectivity index (χ3v) is 3.04. The lowest BCUT2D eigenvalue weighted by molar-refractivity contribution is 0.469. The SMILES string of the molecule is Oc1ccccc1CNc1cccc(-n2cnnc2)c1. The first-order valence-electron chi connectivity index (χ1n) is 6.29. The van der Waals surface area contributed by atoms with Crippen LogP contribution < -0.4 is 5.32 Å². The van der Waals surface area contributed by atoms with E-state index in [-0.39, 0.29) is 0 Å². The highest BCUT2D eigenvalue weighted by Crippen LogP contribution is 2.19. The van der Waals surface area contributed by atoms with E-state index in [0.717, 1.165) is 16.9 Å². The summed E-state index contributed by atoms with van der Waals surface area (Å²) in [6, 6.07) is 15.2. The summed E-state index contributed by atoms with van der Waals surface area (Å²) in [7, 11) is 0. The summed E-state index contributed by atoms with van der Waals surface area (Å²) in [4.78, 5) is 0. The van der Waals surface area contributed by atoms with E-state index in [0.29, 0.717) is 12.3 Å². The predicted octanol–water partition coefficient (Wildman–Crippen LogP) is 2.58. The smallest absolute Gasteiger partial charge is 0.123 e. The van der Waals surface area contributed by atoms with Gasteiger partial charge in [0.15, 0.2) is 0 Å². The molecule has 0 spiro atoms. The van der Waals surface area contributed by atoms with E-state index in [9.17, 15) is 5.11 Å². The molecule has 0 unspecified atom stereocenters. The van der Waals surface area contributed by atoms with Crippen LogP contribution >= 0.6 is 0 Å². The van der Waals surface area contributed by atoms with Crippen molar-refractivity contribution in [3.63, 3.8) is 0 Å². The zero-order valence-corrected chi connectivity index (χ0v) is 10.8. The molecular formula is C15H14N4O. The Morgan fingerprint density at radius 3 is 2.60 bits per heavy atom. The number of nitrogens with zero attached hydrogens (tertiary/aromatic N) is 3. The predicted molar refractivity (Wildman–Crippen MR) is 76.8 cm³/mol. The van der Waals surface area contributed by atoms with Gasteiger partial charge in [0.1, 0.15) is 18.4 Å². The monoisotopic (exact) mass is 266 g/mol. The first kappa shape index (κ1) is 12.2. The van der Waals surface area contributed by atoms with Gasteiger partial charge in [-0.2, -0.15) is 0 Å². The molecule has 5 nitrogen and oxygen atoms in total. The van der Waals surface area contributed by atoms with Gasteiger partial charge in [-0.3, -0.25) is 4.57 Å². The quantitative estimate of drug-likeness (QED) is 0.762. The molecule has 1 heterocycles. The molecule has 0 fully saturated rings. The van der Waals surface area contributed by atoms with Crippen LogP contribution in [0.4, 0.5) is 5.69 Å². The van der Waals surface area contributed by atoms with E-state index in [1.807, 2.05) is 47.0 Å². The standard InChI is InChI=1S/C15H14N4O/c20-15-7-2-1-4-12(15)9-16-13-5-3-6-14(8-13)19-10-17-18-11-19/h1-8,10-11,16,20H,9H2. The fraction of sp³-hybridized carbons (Fsp3) is 0.0667. The molecule has 0 saturated carbocycles. The molecular weight excluding hydrogens is 252 g/mol. The van der Waals surface area contributed by atoms with E-state index < -0.39 is 0 Å². The van der Waals surface area contributed by atoms with Gasteiger partial charge in [-0.25, -0.2) is 0 Å². The average Bonchev–Trinajstić information content (AvgIpc) is 3.01. The molecule has 3 rings (SSSR count). The molecule has 0 aliphatic rings. The second-order valence-electron chi connectivity index (χ2n) is 4.40. The van der Waals surface area contributed by atoms with Crippen molar-refractivity contribution < 1.29 is 5.11 Å². The minimum Gasteiger partial charge on any atom is -0.508 e. The number of hydrogen-bond donors (Lipinski definition) is 2. The Bertz CT molecular complexity index is 695. The van der Waals surface area contributed by atoms with Gasteiger partial charge in [0.25, 0.3) is 0 Å². The summed E-state index contributed by atoms with van der Waals surface area (Å²) < 4.78 is 1.84. The highest BCUT2D eigenvalue weighted by Gasteiger charge is 2.01. The maximum Gasteiger partial charge on any atom is 0.123 e. The zero-order valence-electron chi connectivity index (χ0n) is 10.8. The Morgan fingerprint density at radius 1 is 1.00 bits per heavy atom. The second kappa shape index (κ2) is 5.44. The van der Waals surface area contributed by atoms with Gasteiger partial charge < -0.3 is 10.4 Å². The fourth-order valence-corrected chi connectivity index (χ4v) is 1.97. The van der Waals surface area contributed by atoms with Crippen molar-refractivity contribution in [2.45, 2.75) is 6.54 Å². The summed E-state index contributed by atoms with van der Waals surface area (Å²) in [5.74, 6) is 0.301. The van der Waals surface area contributed by atoms with Gasteiger partial charge in [-0.15, -0.1) is 10.2 Å². The van der Waals surface area contributed by atoms with Gasteiger partial charge in [0, 0.05) is 17.8 Å². The first-order valence-corrected chi connectivity index (χ1v) is 6.29. The highest BCUT2D eigenvalue weighted by atomic mass is 16.3. The van der Waals surface area contributed by atoms with Crippen LogP contribution in [-0.4, -0.2) is 19.9 Å². The van der Waals surface area contributed by atoms with E-state index in [1.165, 1.54) is 0 Å². The molecule has 0 bridgehead atoms. The third-order valence-electron chi connectivity index (χ3n) is 3.04. The number of anilines is 1. The number of para-hydroxylation sites is 1. The lowest BCUT2D eigenvalue weighted by Crippen LogP contribution is -2.00. The Morgan fingerprint density at radius 2 is 1.80 bits per heavy atom. The van der Waals surface area contributed by atoms with Crippen molar-refractivity contribution in [3.05, 3.63) is 66.7 Å². The van der Waals surface area contributed by atoms with Gasteiger partial charge >= 0.3 is 0 Å². The van der Waals surface area contributed by atoms with Gasteiger partial charge in [0.05, 0.1) is 5.69 Å². The largest absolute Gasteiger partial charge is 0.508 e. The van der Waals surface area contributed by atoms with Crippen LogP contribution in [0.3, 0.4) is 0 Å². The van der Waals surface area contributed by atoms with Crippen LogP contribution in [0.2, 0.25) is 0 Å². The topological polar surface area (TPSA) is 63.0 Å². The lowest BCUT2D eigenvalue weighted by atomic mass is 10.2. The Labute approximate surface area is 116 Å². The minimum absolute atomic E-state index is 0.301. The summed E-state index contributed by atoms with van der Waals surface area (Å²) in [5.41, 5.74) is 2.82. The first-order chi connectivity index (χ1) is 9.83. The molecule has 1 aromatic heterocycles. The van der Waals surface area contributed by atoms with E-state index in [2.05, 4.69) is 15.5 Å². The number of aromatic hydroxyl groups is 1. The summed E-state index contributed by atoms with van der Waals surface area (Å²) in [6.45, 7) is 0.568. The summed E-state index contributed by atoms with van der Waals surface area (Å²) >= 11 is 0. The van der Waals surface area contributed by atoms with Crippen LogP contribution in [0.15, 0.2) is 61.2 Å². The molecule has 0 atom stereocenters. The molecule has 5 heteroatoms. The van der Waals surface area contributed by atoms with E-state index >= 15 is 0 Å². The maximum absolute atomic E-state index is 9.73. The van der Waals surface area contributed by atoms with Crippen molar-refractivity contribution in [3.8, 4) is 11.4 Å². The lowest BCUT2D eigenvalue weighted by Gasteiger charge is -2.09. The zero-order chi connectivity index (χ0) is 13.8.